The number of fused-ring (bicyclic) bond motifs is 5. The Morgan fingerprint density at radius 3 is 2.00 bits per heavy atom. The van der Waals surface area contributed by atoms with Crippen molar-refractivity contribution in [2.45, 2.75) is 51.0 Å². The molecule has 1 unspecified atom stereocenters. The Kier molecular flexibility index (Phi) is 5.07. The molecular formula is C36H32N2. The van der Waals surface area contributed by atoms with Gasteiger partial charge >= 0.3 is 0 Å². The average molecular weight is 493 g/mol. The summed E-state index contributed by atoms with van der Waals surface area (Å²) in [4.78, 5) is 2.69. The number of rotatable bonds is 3. The highest BCUT2D eigenvalue weighted by Crippen LogP contribution is 2.46. The van der Waals surface area contributed by atoms with Crippen molar-refractivity contribution in [3.8, 4) is 0 Å². The number of benzene rings is 2. The Morgan fingerprint density at radius 2 is 1.32 bits per heavy atom. The normalized spacial score (nSPS) is 22.7. The molecule has 2 heteroatoms. The molecule has 8 rings (SSSR count). The van der Waals surface area contributed by atoms with Gasteiger partial charge < -0.3 is 9.47 Å². The lowest BCUT2D eigenvalue weighted by Crippen LogP contribution is -2.31. The van der Waals surface area contributed by atoms with Gasteiger partial charge in [0.1, 0.15) is 0 Å². The first-order chi connectivity index (χ1) is 18.9. The van der Waals surface area contributed by atoms with Gasteiger partial charge in [-0.25, -0.2) is 0 Å². The van der Waals surface area contributed by atoms with Crippen LogP contribution in [0.2, 0.25) is 0 Å². The van der Waals surface area contributed by atoms with Crippen LogP contribution in [0.15, 0.2) is 137 Å². The molecule has 38 heavy (non-hydrogen) atoms. The van der Waals surface area contributed by atoms with Crippen molar-refractivity contribution in [2.75, 3.05) is 0 Å². The van der Waals surface area contributed by atoms with Gasteiger partial charge in [0.05, 0.1) is 17.1 Å². The maximum absolute atomic E-state index is 2.69. The predicted octanol–water partition coefficient (Wildman–Crippen LogP) is 9.13. The lowest BCUT2D eigenvalue weighted by molar-refractivity contribution is 0.349. The van der Waals surface area contributed by atoms with Crippen molar-refractivity contribution in [3.05, 3.63) is 137 Å². The molecule has 0 radical (unpaired) electrons. The van der Waals surface area contributed by atoms with Crippen LogP contribution in [-0.2, 0) is 0 Å². The molecule has 2 nitrogen and oxygen atoms in total. The van der Waals surface area contributed by atoms with Gasteiger partial charge in [-0.05, 0) is 91.5 Å². The molecule has 0 spiro atoms. The van der Waals surface area contributed by atoms with E-state index in [0.717, 1.165) is 44.9 Å². The number of hydrogen-bond acceptors (Lipinski definition) is 1. The van der Waals surface area contributed by atoms with Gasteiger partial charge in [0.15, 0.2) is 0 Å². The molecule has 186 valence electrons. The molecule has 0 amide bonds. The molecule has 2 aromatic carbocycles. The molecule has 0 saturated carbocycles. The molecule has 0 N–H and O–H groups in total. The van der Waals surface area contributed by atoms with E-state index in [1.165, 1.54) is 55.5 Å². The SMILES string of the molecule is C1=CCC2C(=C1)C1=C(CCC=C1)N2C1=CC=C(C2=CC=C(n3c4ccccc4c4ccccc43)CC2)CC1. The number of nitrogens with zero attached hydrogens (tertiary/aromatic N) is 2. The van der Waals surface area contributed by atoms with Crippen LogP contribution in [0.1, 0.15) is 44.9 Å². The second-order valence-corrected chi connectivity index (χ2v) is 11.0. The fourth-order valence-electron chi connectivity index (χ4n) is 7.26. The molecule has 0 bridgehead atoms. The topological polar surface area (TPSA) is 8.17 Å². The van der Waals surface area contributed by atoms with Crippen molar-refractivity contribution in [1.82, 2.24) is 9.47 Å². The van der Waals surface area contributed by atoms with Gasteiger partial charge in [-0.15, -0.1) is 0 Å². The first-order valence-corrected chi connectivity index (χ1v) is 14.2. The van der Waals surface area contributed by atoms with Crippen molar-refractivity contribution < 1.29 is 0 Å². The van der Waals surface area contributed by atoms with Crippen LogP contribution in [0, 0.1) is 0 Å². The minimum Gasteiger partial charge on any atom is -0.340 e. The summed E-state index contributed by atoms with van der Waals surface area (Å²) < 4.78 is 2.48. The Bertz CT molecular complexity index is 1690. The fourth-order valence-corrected chi connectivity index (χ4v) is 7.26. The van der Waals surface area contributed by atoms with E-state index in [0.29, 0.717) is 6.04 Å². The van der Waals surface area contributed by atoms with Crippen molar-refractivity contribution in [1.29, 1.82) is 0 Å². The molecule has 3 aromatic rings. The first kappa shape index (κ1) is 22.0. The van der Waals surface area contributed by atoms with E-state index in [4.69, 9.17) is 0 Å². The van der Waals surface area contributed by atoms with E-state index in [-0.39, 0.29) is 0 Å². The zero-order valence-corrected chi connectivity index (χ0v) is 21.7. The third-order valence-electron chi connectivity index (χ3n) is 9.03. The van der Waals surface area contributed by atoms with Crippen LogP contribution < -0.4 is 0 Å². The Morgan fingerprint density at radius 1 is 0.632 bits per heavy atom. The molecule has 1 atom stereocenters. The molecule has 5 aliphatic rings. The van der Waals surface area contributed by atoms with Crippen LogP contribution in [0.3, 0.4) is 0 Å². The lowest BCUT2D eigenvalue weighted by atomic mass is 9.89. The van der Waals surface area contributed by atoms with Gasteiger partial charge in [-0.1, -0.05) is 78.9 Å². The summed E-state index contributed by atoms with van der Waals surface area (Å²) in [5.41, 5.74) is 13.1. The maximum Gasteiger partial charge on any atom is 0.0626 e. The quantitative estimate of drug-likeness (QED) is 0.354. The van der Waals surface area contributed by atoms with E-state index >= 15 is 0 Å². The summed E-state index contributed by atoms with van der Waals surface area (Å²) in [6, 6.07) is 18.1. The molecule has 0 fully saturated rings. The first-order valence-electron chi connectivity index (χ1n) is 14.2. The van der Waals surface area contributed by atoms with Gasteiger partial charge in [0, 0.05) is 27.9 Å². The van der Waals surface area contributed by atoms with Crippen LogP contribution in [-0.4, -0.2) is 15.5 Å². The summed E-state index contributed by atoms with van der Waals surface area (Å²) in [5, 5.41) is 2.68. The minimum absolute atomic E-state index is 0.486. The average Bonchev–Trinajstić information content (AvgIpc) is 3.51. The third kappa shape index (κ3) is 3.33. The Balaban J connectivity index is 1.11. The Hall–Kier alpha value is -4.04. The smallest absolute Gasteiger partial charge is 0.0626 e. The highest BCUT2D eigenvalue weighted by atomic mass is 15.2. The van der Waals surface area contributed by atoms with Crippen LogP contribution in [0.25, 0.3) is 27.5 Å². The third-order valence-corrected chi connectivity index (χ3v) is 9.03. The molecular weight excluding hydrogens is 460 g/mol. The summed E-state index contributed by atoms with van der Waals surface area (Å²) >= 11 is 0. The summed E-state index contributed by atoms with van der Waals surface area (Å²) in [7, 11) is 0. The zero-order valence-electron chi connectivity index (χ0n) is 21.7. The van der Waals surface area contributed by atoms with E-state index in [1.807, 2.05) is 0 Å². The molecule has 0 saturated heterocycles. The highest BCUT2D eigenvalue weighted by molar-refractivity contribution is 6.10. The summed E-state index contributed by atoms with van der Waals surface area (Å²) in [6.07, 6.45) is 29.1. The van der Waals surface area contributed by atoms with Gasteiger partial charge in [-0.3, -0.25) is 0 Å². The van der Waals surface area contributed by atoms with Crippen molar-refractivity contribution in [2.24, 2.45) is 0 Å². The zero-order chi connectivity index (χ0) is 25.1. The number of hydrogen-bond donors (Lipinski definition) is 0. The predicted molar refractivity (Wildman–Crippen MR) is 159 cm³/mol. The van der Waals surface area contributed by atoms with Crippen molar-refractivity contribution in [3.63, 3.8) is 0 Å². The highest BCUT2D eigenvalue weighted by Gasteiger charge is 2.37. The fraction of sp³-hybridized carbons (Fsp3) is 0.222. The van der Waals surface area contributed by atoms with Crippen LogP contribution >= 0.6 is 0 Å². The number of aromatic nitrogens is 1. The van der Waals surface area contributed by atoms with Gasteiger partial charge in [-0.2, -0.15) is 0 Å². The largest absolute Gasteiger partial charge is 0.340 e. The van der Waals surface area contributed by atoms with Crippen LogP contribution in [0.4, 0.5) is 0 Å². The van der Waals surface area contributed by atoms with E-state index in [1.54, 1.807) is 5.70 Å². The Labute approximate surface area is 224 Å². The van der Waals surface area contributed by atoms with Gasteiger partial charge in [0.2, 0.25) is 0 Å². The minimum atomic E-state index is 0.486. The van der Waals surface area contributed by atoms with E-state index in [9.17, 15) is 0 Å². The molecule has 4 aliphatic carbocycles. The lowest BCUT2D eigenvalue weighted by Gasteiger charge is -2.34. The van der Waals surface area contributed by atoms with E-state index in [2.05, 4.69) is 113 Å². The number of allylic oxidation sites excluding steroid dienone is 13. The summed E-state index contributed by atoms with van der Waals surface area (Å²) in [5.74, 6) is 0. The van der Waals surface area contributed by atoms with E-state index < -0.39 is 0 Å². The second kappa shape index (κ2) is 8.77. The van der Waals surface area contributed by atoms with Crippen molar-refractivity contribution >= 4 is 27.5 Å². The second-order valence-electron chi connectivity index (χ2n) is 11.0. The number of para-hydroxylation sites is 2. The van der Waals surface area contributed by atoms with Crippen LogP contribution in [0.5, 0.6) is 0 Å². The monoisotopic (exact) mass is 492 g/mol. The van der Waals surface area contributed by atoms with Gasteiger partial charge in [0.25, 0.3) is 0 Å². The standard InChI is InChI=1S/C36H32N2/c1-5-13-33-29(9-1)30-10-2-6-14-34(30)37(33)27-21-17-25(18-22-27)26-19-23-28(24-20-26)38-35-15-7-3-11-31(35)32-12-4-8-16-36(32)38/h1-7,9-14,17,19,21,23,35H,8,15-16,18,20,22,24H2. The summed E-state index contributed by atoms with van der Waals surface area (Å²) in [6.45, 7) is 0. The maximum atomic E-state index is 2.69. The molecule has 1 aromatic heterocycles. The molecule has 1 aliphatic heterocycles. The molecule has 2 heterocycles.